The minimum atomic E-state index is -2.76. The van der Waals surface area contributed by atoms with Crippen LogP contribution in [0.4, 0.5) is 8.78 Å². The Balaban J connectivity index is 3.33. The monoisotopic (exact) mass is 239 g/mol. The number of hydrogen-bond donors (Lipinski definition) is 0. The minimum absolute atomic E-state index is 0.0427. The number of carbonyl (C=O) groups excluding carboxylic acids is 1. The highest BCUT2D eigenvalue weighted by Gasteiger charge is 2.19. The lowest BCUT2D eigenvalue weighted by Crippen LogP contribution is -2.01. The van der Waals surface area contributed by atoms with Gasteiger partial charge in [-0.1, -0.05) is 11.6 Å². The maximum atomic E-state index is 12.3. The first kappa shape index (κ1) is 11.3. The average Bonchev–Trinajstić information content (AvgIpc) is 2.08. The predicted molar refractivity (Wildman–Crippen MR) is 49.1 cm³/mol. The Labute approximate surface area is 88.8 Å². The van der Waals surface area contributed by atoms with Crippen molar-refractivity contribution in [2.45, 2.75) is 13.3 Å². The van der Waals surface area contributed by atoms with Gasteiger partial charge in [0.1, 0.15) is 5.69 Å². The molecule has 0 N–H and O–H groups in total. The molecule has 0 radical (unpaired) electrons. The van der Waals surface area contributed by atoms with Gasteiger partial charge in [-0.05, 0) is 24.1 Å². The van der Waals surface area contributed by atoms with Crippen LogP contribution in [-0.4, -0.2) is 10.2 Å². The zero-order valence-corrected chi connectivity index (χ0v) is 8.53. The average molecular weight is 240 g/mol. The van der Waals surface area contributed by atoms with Gasteiger partial charge in [0.2, 0.25) is 0 Å². The fraction of sp³-hybridized carbons (Fsp3) is 0.250. The Kier molecular flexibility index (Phi) is 3.39. The lowest BCUT2D eigenvalue weighted by Gasteiger charge is -2.07. The summed E-state index contributed by atoms with van der Waals surface area (Å²) in [6.45, 7) is 1.44. The highest BCUT2D eigenvalue weighted by atomic mass is 35.5. The largest absolute Gasteiger partial charge is 0.281 e. The van der Waals surface area contributed by atoms with Crippen molar-refractivity contribution < 1.29 is 13.6 Å². The summed E-state index contributed by atoms with van der Waals surface area (Å²) in [7, 11) is 0. The molecule has 0 aliphatic heterocycles. The second-order valence-electron chi connectivity index (χ2n) is 2.57. The van der Waals surface area contributed by atoms with Gasteiger partial charge in [0.05, 0.1) is 10.6 Å². The molecule has 0 amide bonds. The smallest absolute Gasteiger partial charge is 0.276 e. The van der Waals surface area contributed by atoms with Gasteiger partial charge in [-0.25, -0.2) is 8.78 Å². The molecule has 1 heterocycles. The maximum Gasteiger partial charge on any atom is 0.281 e. The van der Waals surface area contributed by atoms with Gasteiger partial charge >= 0.3 is 0 Å². The first-order chi connectivity index (χ1) is 6.45. The molecule has 76 valence electrons. The standard InChI is InChI=1S/C8H5Cl2F2NO/c1-3-4(7(10)14)2-13-6(5(3)9)8(11)12/h2,8H,1H3. The molecule has 0 aromatic carbocycles. The number of hydrogen-bond acceptors (Lipinski definition) is 2. The topological polar surface area (TPSA) is 30.0 Å². The van der Waals surface area contributed by atoms with Gasteiger partial charge in [-0.2, -0.15) is 0 Å². The van der Waals surface area contributed by atoms with Gasteiger partial charge in [0.15, 0.2) is 0 Å². The summed E-state index contributed by atoms with van der Waals surface area (Å²) >= 11 is 10.8. The molecule has 2 nitrogen and oxygen atoms in total. The van der Waals surface area contributed by atoms with E-state index in [1.54, 1.807) is 0 Å². The van der Waals surface area contributed by atoms with E-state index < -0.39 is 17.4 Å². The van der Waals surface area contributed by atoms with Crippen molar-refractivity contribution in [1.82, 2.24) is 4.98 Å². The highest BCUT2D eigenvalue weighted by molar-refractivity contribution is 6.68. The van der Waals surface area contributed by atoms with E-state index in [4.69, 9.17) is 23.2 Å². The van der Waals surface area contributed by atoms with Crippen molar-refractivity contribution in [3.05, 3.63) is 28.0 Å². The van der Waals surface area contributed by atoms with Crippen molar-refractivity contribution in [1.29, 1.82) is 0 Å². The van der Waals surface area contributed by atoms with Crippen LogP contribution in [0.1, 0.15) is 28.0 Å². The normalized spacial score (nSPS) is 10.7. The number of aromatic nitrogens is 1. The molecule has 0 unspecified atom stereocenters. The van der Waals surface area contributed by atoms with E-state index >= 15 is 0 Å². The number of rotatable bonds is 2. The van der Waals surface area contributed by atoms with E-state index in [-0.39, 0.29) is 16.1 Å². The maximum absolute atomic E-state index is 12.3. The fourth-order valence-electron chi connectivity index (χ4n) is 0.948. The third-order valence-corrected chi connectivity index (χ3v) is 2.39. The molecule has 1 aromatic heterocycles. The van der Waals surface area contributed by atoms with Crippen LogP contribution in [0.15, 0.2) is 6.20 Å². The summed E-state index contributed by atoms with van der Waals surface area (Å²) in [4.78, 5) is 14.2. The van der Waals surface area contributed by atoms with Gasteiger partial charge in [0.25, 0.3) is 11.7 Å². The fourth-order valence-corrected chi connectivity index (χ4v) is 1.37. The summed E-state index contributed by atoms with van der Waals surface area (Å²) in [5, 5.41) is -0.982. The van der Waals surface area contributed by atoms with E-state index in [2.05, 4.69) is 4.98 Å². The van der Waals surface area contributed by atoms with Crippen LogP contribution in [0.3, 0.4) is 0 Å². The SMILES string of the molecule is Cc1c(C(=O)Cl)cnc(C(F)F)c1Cl. The van der Waals surface area contributed by atoms with Gasteiger partial charge in [-0.15, -0.1) is 0 Å². The first-order valence-electron chi connectivity index (χ1n) is 3.58. The molecule has 0 aliphatic carbocycles. The molecule has 0 saturated carbocycles. The molecule has 0 fully saturated rings. The molecule has 0 atom stereocenters. The molecule has 0 spiro atoms. The van der Waals surface area contributed by atoms with Crippen LogP contribution in [-0.2, 0) is 0 Å². The summed E-state index contributed by atoms with van der Waals surface area (Å²) in [6, 6.07) is 0. The molecular weight excluding hydrogens is 235 g/mol. The van der Waals surface area contributed by atoms with Crippen LogP contribution >= 0.6 is 23.2 Å². The Bertz CT molecular complexity index is 382. The minimum Gasteiger partial charge on any atom is -0.276 e. The van der Waals surface area contributed by atoms with Crippen LogP contribution in [0, 0.1) is 6.92 Å². The molecule has 0 aliphatic rings. The number of pyridine rings is 1. The number of halogens is 4. The van der Waals surface area contributed by atoms with Crippen molar-refractivity contribution in [3.8, 4) is 0 Å². The van der Waals surface area contributed by atoms with Crippen LogP contribution < -0.4 is 0 Å². The molecule has 6 heteroatoms. The molecular formula is C8H5Cl2F2NO. The highest BCUT2D eigenvalue weighted by Crippen LogP contribution is 2.29. The lowest BCUT2D eigenvalue weighted by molar-refractivity contribution is 0.107. The Hall–Kier alpha value is -0.740. The predicted octanol–water partition coefficient (Wildman–Crippen LogP) is 3.36. The third-order valence-electron chi connectivity index (χ3n) is 1.71. The third kappa shape index (κ3) is 2.01. The van der Waals surface area contributed by atoms with Crippen LogP contribution in [0.25, 0.3) is 0 Å². The summed E-state index contributed by atoms with van der Waals surface area (Å²) in [5.74, 6) is 0. The van der Waals surface area contributed by atoms with Crippen molar-refractivity contribution in [2.75, 3.05) is 0 Å². The second-order valence-corrected chi connectivity index (χ2v) is 3.29. The van der Waals surface area contributed by atoms with E-state index in [1.807, 2.05) is 0 Å². The lowest BCUT2D eigenvalue weighted by atomic mass is 10.1. The van der Waals surface area contributed by atoms with Gasteiger partial charge in [0, 0.05) is 6.20 Å². The number of carbonyl (C=O) groups is 1. The quantitative estimate of drug-likeness (QED) is 0.742. The molecule has 1 aromatic rings. The Morgan fingerprint density at radius 3 is 2.57 bits per heavy atom. The van der Waals surface area contributed by atoms with Crippen molar-refractivity contribution >= 4 is 28.4 Å². The van der Waals surface area contributed by atoms with Crippen LogP contribution in [0.5, 0.6) is 0 Å². The van der Waals surface area contributed by atoms with E-state index in [9.17, 15) is 13.6 Å². The van der Waals surface area contributed by atoms with E-state index in [0.29, 0.717) is 0 Å². The Morgan fingerprint density at radius 2 is 2.14 bits per heavy atom. The first-order valence-corrected chi connectivity index (χ1v) is 4.33. The molecule has 0 bridgehead atoms. The zero-order chi connectivity index (χ0) is 10.9. The molecule has 0 saturated heterocycles. The molecule has 14 heavy (non-hydrogen) atoms. The molecule has 1 rings (SSSR count). The van der Waals surface area contributed by atoms with E-state index in [0.717, 1.165) is 6.20 Å². The van der Waals surface area contributed by atoms with Crippen molar-refractivity contribution in [2.24, 2.45) is 0 Å². The number of alkyl halides is 2. The van der Waals surface area contributed by atoms with Crippen LogP contribution in [0.2, 0.25) is 5.02 Å². The van der Waals surface area contributed by atoms with Gasteiger partial charge < -0.3 is 0 Å². The summed E-state index contributed by atoms with van der Waals surface area (Å²) in [6.07, 6.45) is -1.77. The zero-order valence-electron chi connectivity index (χ0n) is 7.02. The van der Waals surface area contributed by atoms with Gasteiger partial charge in [-0.3, -0.25) is 9.78 Å². The second kappa shape index (κ2) is 4.19. The summed E-state index contributed by atoms with van der Waals surface area (Å²) < 4.78 is 24.6. The number of nitrogens with zero attached hydrogens (tertiary/aromatic N) is 1. The van der Waals surface area contributed by atoms with E-state index in [1.165, 1.54) is 6.92 Å². The Morgan fingerprint density at radius 1 is 1.57 bits per heavy atom. The van der Waals surface area contributed by atoms with Crippen molar-refractivity contribution in [3.63, 3.8) is 0 Å². The summed E-state index contributed by atoms with van der Waals surface area (Å²) in [5.41, 5.74) is -0.274.